The molecule has 1 aromatic carbocycles. The van der Waals surface area contributed by atoms with Crippen LogP contribution in [0.2, 0.25) is 0 Å². The minimum absolute atomic E-state index is 0.0768. The number of carbonyl (C=O) groups excluding carboxylic acids is 1. The van der Waals surface area contributed by atoms with Crippen LogP contribution in [0.3, 0.4) is 0 Å². The maximum atomic E-state index is 13.0. The Morgan fingerprint density at radius 2 is 2.15 bits per heavy atom. The molecule has 6 nitrogen and oxygen atoms in total. The van der Waals surface area contributed by atoms with Gasteiger partial charge in [-0.1, -0.05) is 6.07 Å². The summed E-state index contributed by atoms with van der Waals surface area (Å²) in [5, 5.41) is 15.0. The fourth-order valence-electron chi connectivity index (χ4n) is 1.58. The standard InChI is InChI=1S/C13H12FN3O3/c14-9-2-1-3-10(8-9)15-13(20)11-4-6-17(16-11)7-5-12(18)19/h1-4,6,8H,5,7H2,(H,15,20)(H,18,19). The maximum Gasteiger partial charge on any atom is 0.305 e. The molecule has 0 atom stereocenters. The molecule has 0 aliphatic rings. The van der Waals surface area contributed by atoms with Crippen LogP contribution in [0.1, 0.15) is 16.9 Å². The lowest BCUT2D eigenvalue weighted by atomic mass is 10.3. The van der Waals surface area contributed by atoms with Gasteiger partial charge in [0.05, 0.1) is 13.0 Å². The van der Waals surface area contributed by atoms with Crippen molar-refractivity contribution in [3.05, 3.63) is 48.0 Å². The number of carboxylic acids is 1. The number of nitrogens with one attached hydrogen (secondary N) is 1. The minimum atomic E-state index is -0.939. The molecule has 0 fully saturated rings. The van der Waals surface area contributed by atoms with Crippen molar-refractivity contribution in [3.63, 3.8) is 0 Å². The molecule has 0 radical (unpaired) electrons. The summed E-state index contributed by atoms with van der Waals surface area (Å²) in [6.45, 7) is 0.183. The van der Waals surface area contributed by atoms with E-state index in [1.807, 2.05) is 0 Å². The highest BCUT2D eigenvalue weighted by atomic mass is 19.1. The van der Waals surface area contributed by atoms with Gasteiger partial charge in [-0.2, -0.15) is 5.10 Å². The highest BCUT2D eigenvalue weighted by Gasteiger charge is 2.10. The van der Waals surface area contributed by atoms with E-state index >= 15 is 0 Å². The monoisotopic (exact) mass is 277 g/mol. The molecule has 0 unspecified atom stereocenters. The van der Waals surface area contributed by atoms with Gasteiger partial charge < -0.3 is 10.4 Å². The molecule has 1 aromatic heterocycles. The molecule has 1 heterocycles. The first kappa shape index (κ1) is 13.7. The Morgan fingerprint density at radius 3 is 2.85 bits per heavy atom. The first-order valence-electron chi connectivity index (χ1n) is 5.87. The van der Waals surface area contributed by atoms with Crippen molar-refractivity contribution in [3.8, 4) is 0 Å². The summed E-state index contributed by atoms with van der Waals surface area (Å²) in [5.41, 5.74) is 0.467. The minimum Gasteiger partial charge on any atom is -0.481 e. The van der Waals surface area contributed by atoms with Crippen LogP contribution in [0, 0.1) is 5.82 Å². The number of aromatic nitrogens is 2. The van der Waals surface area contributed by atoms with E-state index in [0.717, 1.165) is 0 Å². The highest BCUT2D eigenvalue weighted by molar-refractivity contribution is 6.02. The lowest BCUT2D eigenvalue weighted by molar-refractivity contribution is -0.137. The van der Waals surface area contributed by atoms with Crippen LogP contribution in [0.4, 0.5) is 10.1 Å². The Morgan fingerprint density at radius 1 is 1.35 bits per heavy atom. The second kappa shape index (κ2) is 5.96. The summed E-state index contributed by atoms with van der Waals surface area (Å²) < 4.78 is 14.3. The Hall–Kier alpha value is -2.70. The van der Waals surface area contributed by atoms with Crippen LogP contribution in [0.25, 0.3) is 0 Å². The number of amides is 1. The van der Waals surface area contributed by atoms with Crippen molar-refractivity contribution in [1.82, 2.24) is 9.78 Å². The molecular weight excluding hydrogens is 265 g/mol. The van der Waals surface area contributed by atoms with Gasteiger partial charge in [-0.3, -0.25) is 14.3 Å². The number of nitrogens with zero attached hydrogens (tertiary/aromatic N) is 2. The van der Waals surface area contributed by atoms with Crippen LogP contribution < -0.4 is 5.32 Å². The number of carbonyl (C=O) groups is 2. The second-order valence-corrected chi connectivity index (χ2v) is 4.07. The van der Waals surface area contributed by atoms with Gasteiger partial charge in [0.15, 0.2) is 5.69 Å². The van der Waals surface area contributed by atoms with Gasteiger partial charge in [0.1, 0.15) is 5.82 Å². The zero-order valence-corrected chi connectivity index (χ0v) is 10.4. The van der Waals surface area contributed by atoms with E-state index in [4.69, 9.17) is 5.11 Å². The summed E-state index contributed by atoms with van der Waals surface area (Å²) in [5.74, 6) is -1.87. The van der Waals surface area contributed by atoms with Gasteiger partial charge >= 0.3 is 5.97 Å². The molecule has 2 aromatic rings. The van der Waals surface area contributed by atoms with E-state index in [1.165, 1.54) is 35.1 Å². The molecule has 104 valence electrons. The number of aryl methyl sites for hydroxylation is 1. The fraction of sp³-hybridized carbons (Fsp3) is 0.154. The van der Waals surface area contributed by atoms with Gasteiger partial charge in [0.2, 0.25) is 0 Å². The first-order chi connectivity index (χ1) is 9.54. The third-order valence-electron chi connectivity index (χ3n) is 2.51. The van der Waals surface area contributed by atoms with Crippen molar-refractivity contribution >= 4 is 17.6 Å². The quantitative estimate of drug-likeness (QED) is 0.872. The van der Waals surface area contributed by atoms with Gasteiger partial charge in [0.25, 0.3) is 5.91 Å². The van der Waals surface area contributed by atoms with Crippen molar-refractivity contribution in [2.24, 2.45) is 0 Å². The van der Waals surface area contributed by atoms with Gasteiger partial charge in [-0.05, 0) is 24.3 Å². The van der Waals surface area contributed by atoms with Crippen molar-refractivity contribution in [2.45, 2.75) is 13.0 Å². The molecule has 0 bridgehead atoms. The largest absolute Gasteiger partial charge is 0.481 e. The second-order valence-electron chi connectivity index (χ2n) is 4.07. The Kier molecular flexibility index (Phi) is 4.09. The molecule has 1 amide bonds. The smallest absolute Gasteiger partial charge is 0.305 e. The number of anilines is 1. The molecule has 2 rings (SSSR count). The van der Waals surface area contributed by atoms with E-state index in [1.54, 1.807) is 6.07 Å². The van der Waals surface area contributed by atoms with Crippen LogP contribution in [0.5, 0.6) is 0 Å². The zero-order valence-electron chi connectivity index (χ0n) is 10.4. The zero-order chi connectivity index (χ0) is 14.5. The predicted molar refractivity (Wildman–Crippen MR) is 68.8 cm³/mol. The van der Waals surface area contributed by atoms with Gasteiger partial charge in [-0.25, -0.2) is 4.39 Å². The third kappa shape index (κ3) is 3.64. The number of benzene rings is 1. The molecular formula is C13H12FN3O3. The molecule has 0 aliphatic heterocycles. The average Bonchev–Trinajstić information content (AvgIpc) is 2.85. The number of hydrogen-bond acceptors (Lipinski definition) is 3. The Bertz CT molecular complexity index is 639. The summed E-state index contributed by atoms with van der Waals surface area (Å²) in [6, 6.07) is 6.98. The van der Waals surface area contributed by atoms with Crippen LogP contribution in [-0.2, 0) is 11.3 Å². The molecule has 0 aliphatic carbocycles. The molecule has 0 saturated carbocycles. The molecule has 0 spiro atoms. The number of hydrogen-bond donors (Lipinski definition) is 2. The average molecular weight is 277 g/mol. The van der Waals surface area contributed by atoms with E-state index in [9.17, 15) is 14.0 Å². The van der Waals surface area contributed by atoms with Crippen molar-refractivity contribution in [2.75, 3.05) is 5.32 Å². The van der Waals surface area contributed by atoms with Crippen LogP contribution in [-0.4, -0.2) is 26.8 Å². The van der Waals surface area contributed by atoms with Crippen molar-refractivity contribution < 1.29 is 19.1 Å². The van der Waals surface area contributed by atoms with E-state index < -0.39 is 17.7 Å². The van der Waals surface area contributed by atoms with E-state index in [0.29, 0.717) is 5.69 Å². The number of halogens is 1. The fourth-order valence-corrected chi connectivity index (χ4v) is 1.58. The van der Waals surface area contributed by atoms with Crippen LogP contribution in [0.15, 0.2) is 36.5 Å². The Labute approximate surface area is 113 Å². The van der Waals surface area contributed by atoms with E-state index in [2.05, 4.69) is 10.4 Å². The number of rotatable bonds is 5. The normalized spacial score (nSPS) is 10.2. The predicted octanol–water partition coefficient (Wildman–Crippen LogP) is 1.75. The first-order valence-corrected chi connectivity index (χ1v) is 5.87. The lowest BCUT2D eigenvalue weighted by Crippen LogP contribution is -2.14. The van der Waals surface area contributed by atoms with Crippen molar-refractivity contribution in [1.29, 1.82) is 0 Å². The summed E-state index contributed by atoms with van der Waals surface area (Å²) in [4.78, 5) is 22.3. The molecule has 0 saturated heterocycles. The third-order valence-corrected chi connectivity index (χ3v) is 2.51. The van der Waals surface area contributed by atoms with Crippen LogP contribution >= 0.6 is 0 Å². The summed E-state index contributed by atoms with van der Waals surface area (Å²) in [7, 11) is 0. The number of aliphatic carboxylic acids is 1. The number of carboxylic acid groups (broad SMARTS) is 1. The van der Waals surface area contributed by atoms with Gasteiger partial charge in [-0.15, -0.1) is 0 Å². The molecule has 7 heteroatoms. The molecule has 2 N–H and O–H groups in total. The van der Waals surface area contributed by atoms with Gasteiger partial charge in [0, 0.05) is 11.9 Å². The maximum absolute atomic E-state index is 13.0. The molecule has 20 heavy (non-hydrogen) atoms. The van der Waals surface area contributed by atoms with E-state index in [-0.39, 0.29) is 18.7 Å². The SMILES string of the molecule is O=C(O)CCn1ccc(C(=O)Nc2cccc(F)c2)n1. The topological polar surface area (TPSA) is 84.2 Å². The highest BCUT2D eigenvalue weighted by Crippen LogP contribution is 2.10. The summed E-state index contributed by atoms with van der Waals surface area (Å²) >= 11 is 0. The Balaban J connectivity index is 2.01. The summed E-state index contributed by atoms with van der Waals surface area (Å²) in [6.07, 6.45) is 1.44. The lowest BCUT2D eigenvalue weighted by Gasteiger charge is -2.03.